The molecule has 0 aliphatic carbocycles. The fourth-order valence-electron chi connectivity index (χ4n) is 2.84. The van der Waals surface area contributed by atoms with Gasteiger partial charge in [0.25, 0.3) is 0 Å². The van der Waals surface area contributed by atoms with E-state index in [0.717, 1.165) is 46.5 Å². The van der Waals surface area contributed by atoms with E-state index in [1.165, 1.54) is 0 Å². The van der Waals surface area contributed by atoms with E-state index in [1.807, 2.05) is 12.1 Å². The number of hydrogen-bond acceptors (Lipinski definition) is 2. The highest BCUT2D eigenvalue weighted by Gasteiger charge is 2.40. The van der Waals surface area contributed by atoms with Crippen LogP contribution in [0.15, 0.2) is 18.2 Å². The molecule has 2 nitrogen and oxygen atoms in total. The number of benzene rings is 1. The Balaban J connectivity index is 2.41. The zero-order chi connectivity index (χ0) is 13.9. The molecule has 0 bridgehead atoms. The Labute approximate surface area is 133 Å². The van der Waals surface area contributed by atoms with Crippen molar-refractivity contribution >= 4 is 40.0 Å². The Morgan fingerprint density at radius 2 is 2.11 bits per heavy atom. The highest BCUT2D eigenvalue weighted by molar-refractivity contribution is 14.1. The number of halogens is 2. The lowest BCUT2D eigenvalue weighted by Gasteiger charge is -2.37. The Hall–Kier alpha value is -0.130. The van der Waals surface area contributed by atoms with Crippen LogP contribution >= 0.6 is 34.2 Å². The van der Waals surface area contributed by atoms with E-state index in [0.29, 0.717) is 12.2 Å². The molecule has 1 aliphatic heterocycles. The predicted molar refractivity (Wildman–Crippen MR) is 87.9 cm³/mol. The van der Waals surface area contributed by atoms with E-state index < -0.39 is 0 Å². The Bertz CT molecular complexity index is 469. The normalized spacial score (nSPS) is 18.3. The molecule has 0 saturated carbocycles. The largest absolute Gasteiger partial charge is 0.317 e. The molecule has 1 saturated heterocycles. The molecule has 1 aromatic rings. The van der Waals surface area contributed by atoms with Crippen molar-refractivity contribution in [3.05, 3.63) is 32.4 Å². The molecule has 2 rings (SSSR count). The molecule has 1 aliphatic rings. The van der Waals surface area contributed by atoms with Gasteiger partial charge in [-0.15, -0.1) is 0 Å². The Morgan fingerprint density at radius 1 is 1.42 bits per heavy atom. The monoisotopic (exact) mass is 391 g/mol. The molecule has 4 heteroatoms. The zero-order valence-electron chi connectivity index (χ0n) is 11.1. The summed E-state index contributed by atoms with van der Waals surface area (Å²) in [6.45, 7) is 3.89. The van der Waals surface area contributed by atoms with Gasteiger partial charge < -0.3 is 5.32 Å². The summed E-state index contributed by atoms with van der Waals surface area (Å²) in [7, 11) is 0. The molecule has 0 spiro atoms. The fraction of sp³-hybridized carbons (Fsp3) is 0.533. The minimum absolute atomic E-state index is 0.300. The number of ketones is 1. The average molecular weight is 392 g/mol. The van der Waals surface area contributed by atoms with Crippen LogP contribution in [0.5, 0.6) is 0 Å². The van der Waals surface area contributed by atoms with Gasteiger partial charge >= 0.3 is 0 Å². The molecule has 0 unspecified atom stereocenters. The minimum Gasteiger partial charge on any atom is -0.317 e. The van der Waals surface area contributed by atoms with Crippen LogP contribution in [0.3, 0.4) is 0 Å². The Kier molecular flexibility index (Phi) is 5.26. The van der Waals surface area contributed by atoms with Crippen LogP contribution in [0, 0.1) is 3.57 Å². The first-order valence-corrected chi connectivity index (χ1v) is 8.25. The molecule has 0 amide bonds. The van der Waals surface area contributed by atoms with Crippen LogP contribution < -0.4 is 5.32 Å². The van der Waals surface area contributed by atoms with Crippen molar-refractivity contribution in [3.8, 4) is 0 Å². The van der Waals surface area contributed by atoms with Gasteiger partial charge in [0.15, 0.2) is 0 Å². The van der Waals surface area contributed by atoms with E-state index in [2.05, 4.69) is 40.9 Å². The van der Waals surface area contributed by atoms with Gasteiger partial charge in [0.1, 0.15) is 5.78 Å². The standard InChI is InChI=1S/C15H19ClINO/c1-2-3-14(19)15(6-8-18-9-7-15)11-4-5-12(16)13(17)10-11/h4-5,10,18H,2-3,6-9H2,1H3. The number of rotatable bonds is 4. The molecule has 19 heavy (non-hydrogen) atoms. The van der Waals surface area contributed by atoms with Crippen LogP contribution in [-0.4, -0.2) is 18.9 Å². The highest BCUT2D eigenvalue weighted by Crippen LogP contribution is 2.37. The van der Waals surface area contributed by atoms with E-state index in [4.69, 9.17) is 11.6 Å². The molecule has 0 radical (unpaired) electrons. The number of Topliss-reactive ketones (excluding diaryl/α,β-unsaturated/α-hetero) is 1. The summed E-state index contributed by atoms with van der Waals surface area (Å²) in [5.74, 6) is 0.384. The second kappa shape index (κ2) is 6.55. The summed E-state index contributed by atoms with van der Waals surface area (Å²) in [4.78, 5) is 12.7. The molecule has 0 aromatic heterocycles. The van der Waals surface area contributed by atoms with Crippen molar-refractivity contribution in [3.63, 3.8) is 0 Å². The van der Waals surface area contributed by atoms with Gasteiger partial charge in [-0.3, -0.25) is 4.79 Å². The van der Waals surface area contributed by atoms with Crippen molar-refractivity contribution in [1.29, 1.82) is 0 Å². The van der Waals surface area contributed by atoms with Gasteiger partial charge in [-0.05, 0) is 72.6 Å². The van der Waals surface area contributed by atoms with Crippen LogP contribution in [0.4, 0.5) is 0 Å². The highest BCUT2D eigenvalue weighted by atomic mass is 127. The summed E-state index contributed by atoms with van der Waals surface area (Å²) in [5, 5.41) is 4.11. The first-order chi connectivity index (χ1) is 9.10. The second-order valence-corrected chi connectivity index (χ2v) is 6.70. The van der Waals surface area contributed by atoms with Crippen molar-refractivity contribution in [2.24, 2.45) is 0 Å². The van der Waals surface area contributed by atoms with E-state index in [-0.39, 0.29) is 5.41 Å². The average Bonchev–Trinajstić information content (AvgIpc) is 2.43. The van der Waals surface area contributed by atoms with Crippen molar-refractivity contribution in [2.75, 3.05) is 13.1 Å². The summed E-state index contributed by atoms with van der Waals surface area (Å²) in [6, 6.07) is 6.03. The topological polar surface area (TPSA) is 29.1 Å². The van der Waals surface area contributed by atoms with Gasteiger partial charge in [0.05, 0.1) is 10.4 Å². The Morgan fingerprint density at radius 3 is 2.68 bits per heavy atom. The molecular weight excluding hydrogens is 373 g/mol. The smallest absolute Gasteiger partial charge is 0.143 e. The summed E-state index contributed by atoms with van der Waals surface area (Å²) in [6.07, 6.45) is 3.37. The second-order valence-electron chi connectivity index (χ2n) is 5.13. The molecule has 104 valence electrons. The number of hydrogen-bond donors (Lipinski definition) is 1. The molecule has 1 aromatic carbocycles. The summed E-state index contributed by atoms with van der Waals surface area (Å²) < 4.78 is 1.03. The van der Waals surface area contributed by atoms with Crippen molar-refractivity contribution < 1.29 is 4.79 Å². The molecule has 1 heterocycles. The number of nitrogens with one attached hydrogen (secondary N) is 1. The maximum atomic E-state index is 12.7. The number of carbonyl (C=O) groups is 1. The first kappa shape index (κ1) is 15.3. The quantitative estimate of drug-likeness (QED) is 0.788. The molecule has 1 fully saturated rings. The lowest BCUT2D eigenvalue weighted by atomic mass is 9.69. The maximum absolute atomic E-state index is 12.7. The molecule has 0 atom stereocenters. The third-order valence-corrected chi connectivity index (χ3v) is 5.48. The molecular formula is C15H19ClINO. The van der Waals surface area contributed by atoms with E-state index >= 15 is 0 Å². The third-order valence-electron chi connectivity index (χ3n) is 3.94. The van der Waals surface area contributed by atoms with Gasteiger partial charge in [-0.2, -0.15) is 0 Å². The summed E-state index contributed by atoms with van der Waals surface area (Å²) >= 11 is 8.34. The maximum Gasteiger partial charge on any atom is 0.143 e. The predicted octanol–water partition coefficient (Wildman–Crippen LogP) is 3.94. The lowest BCUT2D eigenvalue weighted by Crippen LogP contribution is -2.45. The van der Waals surface area contributed by atoms with Gasteiger partial charge in [-0.25, -0.2) is 0 Å². The van der Waals surface area contributed by atoms with Crippen LogP contribution in [-0.2, 0) is 10.2 Å². The van der Waals surface area contributed by atoms with E-state index in [1.54, 1.807) is 0 Å². The van der Waals surface area contributed by atoms with Gasteiger partial charge in [0.2, 0.25) is 0 Å². The van der Waals surface area contributed by atoms with Crippen LogP contribution in [0.2, 0.25) is 5.02 Å². The van der Waals surface area contributed by atoms with Crippen molar-refractivity contribution in [2.45, 2.75) is 38.0 Å². The van der Waals surface area contributed by atoms with E-state index in [9.17, 15) is 4.79 Å². The number of carbonyl (C=O) groups excluding carboxylic acids is 1. The lowest BCUT2D eigenvalue weighted by molar-refractivity contribution is -0.125. The first-order valence-electron chi connectivity index (χ1n) is 6.79. The van der Waals surface area contributed by atoms with Gasteiger partial charge in [-0.1, -0.05) is 24.6 Å². The van der Waals surface area contributed by atoms with Gasteiger partial charge in [0, 0.05) is 9.99 Å². The zero-order valence-corrected chi connectivity index (χ0v) is 14.1. The van der Waals surface area contributed by atoms with Crippen LogP contribution in [0.1, 0.15) is 38.2 Å². The molecule has 1 N–H and O–H groups in total. The number of piperidine rings is 1. The SMILES string of the molecule is CCCC(=O)C1(c2ccc(Cl)c(I)c2)CCNCC1. The minimum atomic E-state index is -0.300. The van der Waals surface area contributed by atoms with Crippen LogP contribution in [0.25, 0.3) is 0 Å². The van der Waals surface area contributed by atoms with Crippen molar-refractivity contribution in [1.82, 2.24) is 5.32 Å². The fourth-order valence-corrected chi connectivity index (χ4v) is 3.48. The third kappa shape index (κ3) is 3.14. The summed E-state index contributed by atoms with van der Waals surface area (Å²) in [5.41, 5.74) is 0.840.